The Morgan fingerprint density at radius 3 is 2.13 bits per heavy atom. The number of likely N-dealkylation sites (tertiary alicyclic amines) is 1. The highest BCUT2D eigenvalue weighted by atomic mass is 16.2. The minimum Gasteiger partial charge on any atom is -0.370 e. The van der Waals surface area contributed by atoms with E-state index in [0.29, 0.717) is 25.8 Å². The van der Waals surface area contributed by atoms with Crippen molar-refractivity contribution in [2.24, 2.45) is 23.1 Å². The first-order chi connectivity index (χ1) is 26.0. The molecule has 1 aliphatic rings. The number of para-hydroxylation sites is 1. The maximum Gasteiger partial charge on any atom is 0.246 e. The quantitative estimate of drug-likeness (QED) is 0.0682. The van der Waals surface area contributed by atoms with Crippen molar-refractivity contribution in [1.82, 2.24) is 36.5 Å². The fourth-order valence-corrected chi connectivity index (χ4v) is 6.47. The van der Waals surface area contributed by atoms with E-state index in [1.54, 1.807) is 20.0 Å². The van der Waals surface area contributed by atoms with Gasteiger partial charge in [0.15, 0.2) is 0 Å². The molecule has 55 heavy (non-hydrogen) atoms. The average Bonchev–Trinajstić information content (AvgIpc) is 3.78. The van der Waals surface area contributed by atoms with Crippen LogP contribution in [0.1, 0.15) is 78.2 Å². The molecule has 0 saturated carbocycles. The SMILES string of the molecule is CC(=O)N[C@@H](Cc1c[nH]c2ccccc12)C(=O)N[C@@H](CCCCN)C(=O)N[C@H](C(=O)N1CCC[C@H]1C(=O)N[C@@H](CCC(N)=O)C(=O)N[C@@H](C)C(N)=O)C(C)C. The van der Waals surface area contributed by atoms with Crippen LogP contribution in [0.5, 0.6) is 0 Å². The van der Waals surface area contributed by atoms with Crippen molar-refractivity contribution in [1.29, 1.82) is 0 Å². The molecule has 1 saturated heterocycles. The molecule has 18 nitrogen and oxygen atoms in total. The summed E-state index contributed by atoms with van der Waals surface area (Å²) in [5, 5.41) is 14.1. The predicted molar refractivity (Wildman–Crippen MR) is 203 cm³/mol. The number of nitrogens with zero attached hydrogens (tertiary/aromatic N) is 1. The van der Waals surface area contributed by atoms with Gasteiger partial charge >= 0.3 is 0 Å². The number of nitrogens with one attached hydrogen (secondary N) is 6. The average molecular weight is 769 g/mol. The molecule has 1 aromatic heterocycles. The number of unbranched alkanes of at least 4 members (excludes halogenated alkanes) is 1. The summed E-state index contributed by atoms with van der Waals surface area (Å²) in [5.41, 5.74) is 17.9. The van der Waals surface area contributed by atoms with Gasteiger partial charge in [0.25, 0.3) is 0 Å². The third-order valence-corrected chi connectivity index (χ3v) is 9.54. The number of fused-ring (bicyclic) bond motifs is 1. The highest BCUT2D eigenvalue weighted by molar-refractivity contribution is 5.97. The van der Waals surface area contributed by atoms with Crippen LogP contribution in [0.25, 0.3) is 10.9 Å². The number of hydrogen-bond acceptors (Lipinski definition) is 9. The number of carbonyl (C=O) groups is 8. The lowest BCUT2D eigenvalue weighted by Gasteiger charge is -2.32. The van der Waals surface area contributed by atoms with E-state index in [9.17, 15) is 38.4 Å². The molecule has 1 fully saturated rings. The van der Waals surface area contributed by atoms with E-state index >= 15 is 0 Å². The molecule has 0 unspecified atom stereocenters. The summed E-state index contributed by atoms with van der Waals surface area (Å²) < 4.78 is 0. The molecular formula is C37H56N10O8. The number of H-pyrrole nitrogens is 1. The van der Waals surface area contributed by atoms with Crippen molar-refractivity contribution in [3.63, 3.8) is 0 Å². The molecule has 2 heterocycles. The summed E-state index contributed by atoms with van der Waals surface area (Å²) in [6, 6.07) is 1.02. The molecule has 6 atom stereocenters. The number of rotatable bonds is 21. The fraction of sp³-hybridized carbons (Fsp3) is 0.568. The lowest BCUT2D eigenvalue weighted by molar-refractivity contribution is -0.143. The van der Waals surface area contributed by atoms with Gasteiger partial charge in [-0.25, -0.2) is 0 Å². The van der Waals surface area contributed by atoms with E-state index in [1.807, 2.05) is 24.3 Å². The van der Waals surface area contributed by atoms with Crippen LogP contribution in [-0.4, -0.2) is 106 Å². The molecule has 18 heteroatoms. The van der Waals surface area contributed by atoms with Crippen molar-refractivity contribution in [2.45, 2.75) is 115 Å². The molecule has 8 amide bonds. The van der Waals surface area contributed by atoms with Gasteiger partial charge in [0.2, 0.25) is 47.3 Å². The largest absolute Gasteiger partial charge is 0.370 e. The van der Waals surface area contributed by atoms with E-state index < -0.39 is 89.4 Å². The molecule has 12 N–H and O–H groups in total. The third-order valence-electron chi connectivity index (χ3n) is 9.54. The summed E-state index contributed by atoms with van der Waals surface area (Å²) in [6.07, 6.45) is 3.49. The first-order valence-corrected chi connectivity index (χ1v) is 18.7. The zero-order valence-corrected chi connectivity index (χ0v) is 31.9. The second-order valence-electron chi connectivity index (χ2n) is 14.3. The van der Waals surface area contributed by atoms with Gasteiger partial charge in [0.05, 0.1) is 0 Å². The van der Waals surface area contributed by atoms with Crippen LogP contribution >= 0.6 is 0 Å². The monoisotopic (exact) mass is 768 g/mol. The summed E-state index contributed by atoms with van der Waals surface area (Å²) >= 11 is 0. The Labute approximate surface area is 320 Å². The molecule has 0 radical (unpaired) electrons. The lowest BCUT2D eigenvalue weighted by atomic mass is 10.00. The number of aromatic amines is 1. The van der Waals surface area contributed by atoms with Crippen LogP contribution in [0.15, 0.2) is 30.5 Å². The molecule has 0 bridgehead atoms. The number of aromatic nitrogens is 1. The zero-order chi connectivity index (χ0) is 40.8. The van der Waals surface area contributed by atoms with Crippen LogP contribution in [0, 0.1) is 5.92 Å². The summed E-state index contributed by atoms with van der Waals surface area (Å²) in [7, 11) is 0. The van der Waals surface area contributed by atoms with Gasteiger partial charge in [-0.1, -0.05) is 32.0 Å². The van der Waals surface area contributed by atoms with E-state index in [-0.39, 0.29) is 38.6 Å². The van der Waals surface area contributed by atoms with Crippen molar-refractivity contribution >= 4 is 58.2 Å². The lowest BCUT2D eigenvalue weighted by Crippen LogP contribution is -2.60. The Hall–Kier alpha value is -5.52. The van der Waals surface area contributed by atoms with Crippen LogP contribution < -0.4 is 43.8 Å². The van der Waals surface area contributed by atoms with Crippen LogP contribution in [0.3, 0.4) is 0 Å². The molecule has 0 aliphatic carbocycles. The summed E-state index contributed by atoms with van der Waals surface area (Å²) in [6.45, 7) is 6.67. The Morgan fingerprint density at radius 1 is 0.836 bits per heavy atom. The van der Waals surface area contributed by atoms with Gasteiger partial charge in [-0.15, -0.1) is 0 Å². The van der Waals surface area contributed by atoms with Crippen molar-refractivity contribution in [3.8, 4) is 0 Å². The molecule has 1 aromatic carbocycles. The summed E-state index contributed by atoms with van der Waals surface area (Å²) in [4.78, 5) is 108. The van der Waals surface area contributed by atoms with E-state index in [2.05, 4.69) is 31.6 Å². The number of nitrogens with two attached hydrogens (primary N) is 3. The normalized spacial score (nSPS) is 16.7. The number of benzene rings is 1. The second-order valence-corrected chi connectivity index (χ2v) is 14.3. The fourth-order valence-electron chi connectivity index (χ4n) is 6.47. The maximum absolute atomic E-state index is 14.1. The number of amides is 8. The minimum atomic E-state index is -1.25. The number of hydrogen-bond donors (Lipinski definition) is 9. The Kier molecular flexibility index (Phi) is 16.6. The van der Waals surface area contributed by atoms with Crippen molar-refractivity contribution < 1.29 is 38.4 Å². The van der Waals surface area contributed by atoms with Crippen molar-refractivity contribution in [2.75, 3.05) is 13.1 Å². The highest BCUT2D eigenvalue weighted by Crippen LogP contribution is 2.22. The smallest absolute Gasteiger partial charge is 0.246 e. The van der Waals surface area contributed by atoms with E-state index in [1.165, 1.54) is 18.7 Å². The standard InChI is InChI=1S/C37H56N10O8/c1-20(2)31(37(55)47-17-9-13-29(47)36(54)45-27(14-15-30(39)49)33(51)42-21(3)32(40)50)46-34(52)26(12-7-8-16-38)44-35(53)28(43-22(4)48)18-23-19-41-25-11-6-5-10-24(23)25/h5-6,10-11,19-21,26-29,31,41H,7-9,12-18,38H2,1-4H3,(H2,39,49)(H2,40,50)(H,42,51)(H,43,48)(H,44,53)(H,45,54)(H,46,52)/t21-,26-,27-,28-,29-,31-/m0/s1. The van der Waals surface area contributed by atoms with Crippen LogP contribution in [0.4, 0.5) is 0 Å². The Balaban J connectivity index is 1.78. The van der Waals surface area contributed by atoms with Gasteiger partial charge < -0.3 is 53.7 Å². The Morgan fingerprint density at radius 2 is 1.49 bits per heavy atom. The second kappa shape index (κ2) is 20.8. The van der Waals surface area contributed by atoms with Gasteiger partial charge in [-0.3, -0.25) is 38.4 Å². The molecule has 3 rings (SSSR count). The van der Waals surface area contributed by atoms with Crippen LogP contribution in [-0.2, 0) is 44.8 Å². The van der Waals surface area contributed by atoms with E-state index in [4.69, 9.17) is 17.2 Å². The van der Waals surface area contributed by atoms with Gasteiger partial charge in [-0.2, -0.15) is 0 Å². The van der Waals surface area contributed by atoms with Crippen LogP contribution in [0.2, 0.25) is 0 Å². The number of carbonyl (C=O) groups excluding carboxylic acids is 8. The Bertz CT molecular complexity index is 1710. The van der Waals surface area contributed by atoms with Gasteiger partial charge in [0.1, 0.15) is 36.3 Å². The molecular weight excluding hydrogens is 712 g/mol. The molecule has 1 aliphatic heterocycles. The number of primary amides is 2. The third kappa shape index (κ3) is 12.8. The molecule has 0 spiro atoms. The summed E-state index contributed by atoms with van der Waals surface area (Å²) in [5.74, 6) is -5.56. The predicted octanol–water partition coefficient (Wildman–Crippen LogP) is -1.30. The van der Waals surface area contributed by atoms with E-state index in [0.717, 1.165) is 16.5 Å². The van der Waals surface area contributed by atoms with Gasteiger partial charge in [-0.05, 0) is 69.5 Å². The maximum atomic E-state index is 14.1. The molecule has 302 valence electrons. The highest BCUT2D eigenvalue weighted by Gasteiger charge is 2.40. The topological polar surface area (TPSA) is 294 Å². The van der Waals surface area contributed by atoms with Gasteiger partial charge in [0, 0.05) is 43.4 Å². The first-order valence-electron chi connectivity index (χ1n) is 18.7. The minimum absolute atomic E-state index is 0.146. The molecule has 2 aromatic rings. The first kappa shape index (κ1) is 43.9. The van der Waals surface area contributed by atoms with Crippen molar-refractivity contribution in [3.05, 3.63) is 36.0 Å². The zero-order valence-electron chi connectivity index (χ0n) is 31.9.